The van der Waals surface area contributed by atoms with Crippen LogP contribution in [-0.4, -0.2) is 20.1 Å². The molecule has 2 aliphatic rings. The van der Waals surface area contributed by atoms with E-state index in [0.29, 0.717) is 11.3 Å². The fourth-order valence-corrected chi connectivity index (χ4v) is 4.05. The van der Waals surface area contributed by atoms with Gasteiger partial charge in [0.15, 0.2) is 5.60 Å². The van der Waals surface area contributed by atoms with Crippen LogP contribution in [0.1, 0.15) is 32.6 Å². The molecule has 0 saturated heterocycles. The molecular weight excluding hydrogens is 338 g/mol. The number of hydrogen-bond acceptors (Lipinski definition) is 4. The Kier molecular flexibility index (Phi) is 3.17. The average Bonchev–Trinajstić information content (AvgIpc) is 2.95. The Balaban J connectivity index is 1.86. The van der Waals surface area contributed by atoms with E-state index in [4.69, 9.17) is 9.47 Å². The molecule has 1 unspecified atom stereocenters. The lowest BCUT2D eigenvalue weighted by atomic mass is 9.77. The summed E-state index contributed by atoms with van der Waals surface area (Å²) in [6, 6.07) is 19.7. The number of rotatable bonds is 1. The van der Waals surface area contributed by atoms with Crippen molar-refractivity contribution in [2.45, 2.75) is 12.5 Å². The third-order valence-corrected chi connectivity index (χ3v) is 5.37. The first-order valence-electron chi connectivity index (χ1n) is 8.94. The molecule has 0 amide bonds. The van der Waals surface area contributed by atoms with E-state index in [1.807, 2.05) is 86.6 Å². The third kappa shape index (κ3) is 2.07. The van der Waals surface area contributed by atoms with Gasteiger partial charge < -0.3 is 14.4 Å². The zero-order valence-electron chi connectivity index (χ0n) is 15.4. The highest BCUT2D eigenvalue weighted by molar-refractivity contribution is 5.97. The van der Waals surface area contributed by atoms with Crippen LogP contribution in [0.25, 0.3) is 0 Å². The van der Waals surface area contributed by atoms with Crippen molar-refractivity contribution in [3.8, 4) is 11.5 Å². The Labute approximate surface area is 158 Å². The Morgan fingerprint density at radius 3 is 2.33 bits per heavy atom. The maximum Gasteiger partial charge on any atom is 0.340 e. The van der Waals surface area contributed by atoms with E-state index in [9.17, 15) is 4.79 Å². The molecule has 0 aromatic heterocycles. The van der Waals surface area contributed by atoms with Crippen molar-refractivity contribution < 1.29 is 14.3 Å². The van der Waals surface area contributed by atoms with E-state index in [1.165, 1.54) is 0 Å². The molecule has 0 aliphatic carbocycles. The first-order chi connectivity index (χ1) is 13.0. The van der Waals surface area contributed by atoms with Gasteiger partial charge in [-0.3, -0.25) is 0 Å². The highest BCUT2D eigenvalue weighted by Gasteiger charge is 2.53. The van der Waals surface area contributed by atoms with Crippen LogP contribution >= 0.6 is 0 Å². The first-order valence-corrected chi connectivity index (χ1v) is 8.94. The van der Waals surface area contributed by atoms with Crippen molar-refractivity contribution in [3.63, 3.8) is 0 Å². The van der Waals surface area contributed by atoms with Crippen LogP contribution in [0, 0.1) is 6.92 Å². The zero-order valence-corrected chi connectivity index (χ0v) is 15.4. The molecule has 1 spiro atoms. The van der Waals surface area contributed by atoms with Gasteiger partial charge in [-0.05, 0) is 36.8 Å². The molecule has 3 aromatic rings. The maximum absolute atomic E-state index is 12.7. The predicted octanol–water partition coefficient (Wildman–Crippen LogP) is 4.63. The van der Waals surface area contributed by atoms with E-state index in [0.717, 1.165) is 33.7 Å². The van der Waals surface area contributed by atoms with Crippen LogP contribution in [0.15, 0.2) is 60.7 Å². The van der Waals surface area contributed by atoms with Gasteiger partial charge in [0, 0.05) is 42.5 Å². The van der Waals surface area contributed by atoms with Crippen LogP contribution < -0.4 is 9.64 Å². The maximum atomic E-state index is 12.7. The van der Waals surface area contributed by atoms with Gasteiger partial charge in [-0.1, -0.05) is 30.3 Å². The minimum atomic E-state index is -0.977. The minimum absolute atomic E-state index is 0.304. The lowest BCUT2D eigenvalue weighted by Crippen LogP contribution is -2.33. The number of nitrogens with zero attached hydrogens (tertiary/aromatic N) is 1. The molecule has 5 rings (SSSR count). The number of anilines is 1. The number of carbonyl (C=O) groups is 1. The normalized spacial score (nSPS) is 19.0. The molecule has 2 aliphatic heterocycles. The minimum Gasteiger partial charge on any atom is -0.456 e. The first kappa shape index (κ1) is 15.9. The molecule has 4 heteroatoms. The van der Waals surface area contributed by atoms with Crippen molar-refractivity contribution in [2.24, 2.45) is 0 Å². The summed E-state index contributed by atoms with van der Waals surface area (Å²) in [5.74, 6) is 1.13. The number of ether oxygens (including phenoxy) is 2. The SMILES string of the molecule is Cc1ccc2c(c1)Oc1cc(N(C)C)ccc1C21OC(=O)c2ccccc21. The lowest BCUT2D eigenvalue weighted by molar-refractivity contribution is 0.0224. The van der Waals surface area contributed by atoms with Gasteiger partial charge >= 0.3 is 5.97 Å². The molecule has 1 atom stereocenters. The summed E-state index contributed by atoms with van der Waals surface area (Å²) in [6.45, 7) is 2.02. The number of carbonyl (C=O) groups excluding carboxylic acids is 1. The summed E-state index contributed by atoms with van der Waals surface area (Å²) >= 11 is 0. The van der Waals surface area contributed by atoms with Crippen molar-refractivity contribution in [1.29, 1.82) is 0 Å². The second-order valence-electron chi connectivity index (χ2n) is 7.29. The molecule has 4 nitrogen and oxygen atoms in total. The highest BCUT2D eigenvalue weighted by atomic mass is 16.6. The molecule has 27 heavy (non-hydrogen) atoms. The number of fused-ring (bicyclic) bond motifs is 6. The van der Waals surface area contributed by atoms with Crippen molar-refractivity contribution in [1.82, 2.24) is 0 Å². The molecule has 0 N–H and O–H groups in total. The summed E-state index contributed by atoms with van der Waals surface area (Å²) in [6.07, 6.45) is 0. The van der Waals surface area contributed by atoms with Gasteiger partial charge in [0.05, 0.1) is 5.56 Å². The Hall–Kier alpha value is -3.27. The van der Waals surface area contributed by atoms with E-state index < -0.39 is 5.60 Å². The number of esters is 1. The van der Waals surface area contributed by atoms with Crippen molar-refractivity contribution >= 4 is 11.7 Å². The standard InChI is InChI=1S/C23H19NO3/c1-14-8-10-18-20(12-14)26-21-13-15(24(2)3)9-11-19(21)23(18)17-7-5-4-6-16(17)22(25)27-23/h4-13H,1-3H3. The van der Waals surface area contributed by atoms with Crippen molar-refractivity contribution in [3.05, 3.63) is 88.5 Å². The molecule has 3 aromatic carbocycles. The van der Waals surface area contributed by atoms with Crippen LogP contribution in [0.5, 0.6) is 11.5 Å². The number of aryl methyl sites for hydroxylation is 1. The van der Waals surface area contributed by atoms with Gasteiger partial charge in [-0.25, -0.2) is 4.79 Å². The van der Waals surface area contributed by atoms with E-state index in [2.05, 4.69) is 0 Å². The van der Waals surface area contributed by atoms with Crippen LogP contribution in [0.4, 0.5) is 5.69 Å². The van der Waals surface area contributed by atoms with Gasteiger partial charge in [-0.15, -0.1) is 0 Å². The van der Waals surface area contributed by atoms with Gasteiger partial charge in [0.1, 0.15) is 11.5 Å². The molecule has 134 valence electrons. The molecule has 0 fully saturated rings. The van der Waals surface area contributed by atoms with E-state index in [-0.39, 0.29) is 5.97 Å². The molecule has 0 bridgehead atoms. The van der Waals surface area contributed by atoms with Crippen molar-refractivity contribution in [2.75, 3.05) is 19.0 Å². The van der Waals surface area contributed by atoms with Crippen LogP contribution in [0.3, 0.4) is 0 Å². The van der Waals surface area contributed by atoms with Gasteiger partial charge in [0.25, 0.3) is 0 Å². The topological polar surface area (TPSA) is 38.8 Å². The summed E-state index contributed by atoms with van der Waals surface area (Å²) in [7, 11) is 3.98. The average molecular weight is 357 g/mol. The Morgan fingerprint density at radius 1 is 0.852 bits per heavy atom. The second-order valence-corrected chi connectivity index (χ2v) is 7.29. The highest BCUT2D eigenvalue weighted by Crippen LogP contribution is 2.56. The van der Waals surface area contributed by atoms with Crippen LogP contribution in [0.2, 0.25) is 0 Å². The summed E-state index contributed by atoms with van der Waals surface area (Å²) in [4.78, 5) is 14.8. The fraction of sp³-hybridized carbons (Fsp3) is 0.174. The molecule has 2 heterocycles. The number of hydrogen-bond donors (Lipinski definition) is 0. The number of benzene rings is 3. The summed E-state index contributed by atoms with van der Waals surface area (Å²) in [5, 5.41) is 0. The third-order valence-electron chi connectivity index (χ3n) is 5.37. The van der Waals surface area contributed by atoms with E-state index >= 15 is 0 Å². The lowest BCUT2D eigenvalue weighted by Gasteiger charge is -2.37. The Morgan fingerprint density at radius 2 is 1.56 bits per heavy atom. The predicted molar refractivity (Wildman–Crippen MR) is 104 cm³/mol. The van der Waals surface area contributed by atoms with Crippen LogP contribution in [-0.2, 0) is 10.3 Å². The molecular formula is C23H19NO3. The quantitative estimate of drug-likeness (QED) is 0.595. The molecule has 0 radical (unpaired) electrons. The fourth-order valence-electron chi connectivity index (χ4n) is 4.05. The Bertz CT molecular complexity index is 1100. The second kappa shape index (κ2) is 5.36. The smallest absolute Gasteiger partial charge is 0.340 e. The largest absolute Gasteiger partial charge is 0.456 e. The monoisotopic (exact) mass is 357 g/mol. The van der Waals surface area contributed by atoms with Gasteiger partial charge in [-0.2, -0.15) is 0 Å². The van der Waals surface area contributed by atoms with E-state index in [1.54, 1.807) is 0 Å². The van der Waals surface area contributed by atoms with Gasteiger partial charge in [0.2, 0.25) is 0 Å². The summed E-state index contributed by atoms with van der Waals surface area (Å²) in [5.41, 5.74) is 4.32. The summed E-state index contributed by atoms with van der Waals surface area (Å²) < 4.78 is 12.4. The zero-order chi connectivity index (χ0) is 18.8. The molecule has 0 saturated carbocycles.